The summed E-state index contributed by atoms with van der Waals surface area (Å²) in [7, 11) is 0. The van der Waals surface area contributed by atoms with E-state index in [-0.39, 0.29) is 36.7 Å². The summed E-state index contributed by atoms with van der Waals surface area (Å²) in [5, 5.41) is 11.0. The number of carbonyl (C=O) groups excluding carboxylic acids is 2. The second kappa shape index (κ2) is 16.8. The smallest absolute Gasteiger partial charge is 0.444 e. The molecule has 1 unspecified atom stereocenters. The molecule has 1 atom stereocenters. The number of aromatic nitrogens is 3. The molecule has 1 aliphatic rings. The molecule has 1 aliphatic heterocycles. The average Bonchev–Trinajstić information content (AvgIpc) is 3.54. The van der Waals surface area contributed by atoms with Gasteiger partial charge in [0.15, 0.2) is 12.0 Å². The molecule has 4 aromatic rings. The molecule has 0 bridgehead atoms. The molecule has 280 valence electrons. The predicted molar refractivity (Wildman–Crippen MR) is 187 cm³/mol. The fourth-order valence-corrected chi connectivity index (χ4v) is 5.95. The minimum atomic E-state index is -4.91. The lowest BCUT2D eigenvalue weighted by atomic mass is 10.0. The predicted octanol–water partition coefficient (Wildman–Crippen LogP) is 8.23. The first-order chi connectivity index (χ1) is 24.7. The first-order valence-electron chi connectivity index (χ1n) is 16.9. The zero-order valence-electron chi connectivity index (χ0n) is 29.1. The number of nitrogens with one attached hydrogen (secondary N) is 2. The molecule has 2 amide bonds. The van der Waals surface area contributed by atoms with Crippen LogP contribution in [0.5, 0.6) is 5.75 Å². The van der Waals surface area contributed by atoms with Crippen LogP contribution in [0.2, 0.25) is 5.02 Å². The van der Waals surface area contributed by atoms with Gasteiger partial charge in [0.05, 0.1) is 11.2 Å². The van der Waals surface area contributed by atoms with Gasteiger partial charge in [-0.1, -0.05) is 17.7 Å². The Balaban J connectivity index is 1.19. The summed E-state index contributed by atoms with van der Waals surface area (Å²) in [4.78, 5) is 31.1. The van der Waals surface area contributed by atoms with Gasteiger partial charge in [0.2, 0.25) is 5.91 Å². The Kier molecular flexibility index (Phi) is 12.5. The molecule has 0 saturated carbocycles. The number of halogens is 5. The van der Waals surface area contributed by atoms with Gasteiger partial charge < -0.3 is 29.7 Å². The number of carbonyl (C=O) groups is 2. The van der Waals surface area contributed by atoms with E-state index in [2.05, 4.69) is 25.5 Å². The summed E-state index contributed by atoms with van der Waals surface area (Å²) in [6, 6.07) is 8.90. The van der Waals surface area contributed by atoms with Gasteiger partial charge in [-0.15, -0.1) is 13.2 Å². The van der Waals surface area contributed by atoms with Crippen LogP contribution in [0.4, 0.5) is 28.0 Å². The number of nitrogens with zero attached hydrogens (tertiary/aromatic N) is 4. The maximum atomic E-state index is 16.1. The van der Waals surface area contributed by atoms with Crippen molar-refractivity contribution in [2.24, 2.45) is 0 Å². The molecule has 3 heterocycles. The van der Waals surface area contributed by atoms with Crippen molar-refractivity contribution >= 4 is 40.2 Å². The third kappa shape index (κ3) is 10.5. The zero-order chi connectivity index (χ0) is 37.5. The summed E-state index contributed by atoms with van der Waals surface area (Å²) >= 11 is 6.00. The van der Waals surface area contributed by atoms with E-state index in [1.807, 2.05) is 0 Å². The molecule has 16 heteroatoms. The normalized spacial score (nSPS) is 15.0. The topological polar surface area (TPSA) is 120 Å². The highest BCUT2D eigenvalue weighted by molar-refractivity contribution is 6.32. The number of benzene rings is 2. The summed E-state index contributed by atoms with van der Waals surface area (Å²) in [5.74, 6) is -1.29. The van der Waals surface area contributed by atoms with Crippen molar-refractivity contribution < 1.29 is 41.4 Å². The van der Waals surface area contributed by atoms with E-state index in [4.69, 9.17) is 21.1 Å². The highest BCUT2D eigenvalue weighted by Gasteiger charge is 2.32. The Bertz CT molecular complexity index is 1840. The molecule has 11 nitrogen and oxygen atoms in total. The van der Waals surface area contributed by atoms with E-state index in [0.29, 0.717) is 59.4 Å². The van der Waals surface area contributed by atoms with Gasteiger partial charge >= 0.3 is 12.5 Å². The Morgan fingerprint density at radius 1 is 1.10 bits per heavy atom. The molecule has 0 radical (unpaired) electrons. The third-order valence-electron chi connectivity index (χ3n) is 8.09. The number of alkyl halides is 3. The summed E-state index contributed by atoms with van der Waals surface area (Å²) in [6.45, 7) is 6.31. The lowest BCUT2D eigenvalue weighted by Gasteiger charge is -2.27. The van der Waals surface area contributed by atoms with Crippen molar-refractivity contribution in [2.45, 2.75) is 77.6 Å². The van der Waals surface area contributed by atoms with E-state index in [1.165, 1.54) is 17.0 Å². The minimum Gasteiger partial charge on any atom is -0.444 e. The molecular weight excluding hydrogens is 708 g/mol. The van der Waals surface area contributed by atoms with Crippen LogP contribution in [0.3, 0.4) is 0 Å². The SMILES string of the molecule is CC(C)(C)OC(=O)N(CCC(=O)NCCCNc1cc(-c2ccncc2)c(F)c2c1cnn2C1CCCCO1)Cc1ccc(OC(F)(F)F)c(Cl)c1. The zero-order valence-corrected chi connectivity index (χ0v) is 29.8. The molecular formula is C36H41ClF4N6O5. The Morgan fingerprint density at radius 2 is 1.87 bits per heavy atom. The quantitative estimate of drug-likeness (QED) is 0.104. The first-order valence-corrected chi connectivity index (χ1v) is 17.3. The van der Waals surface area contributed by atoms with Crippen molar-refractivity contribution in [1.82, 2.24) is 25.0 Å². The van der Waals surface area contributed by atoms with E-state index in [9.17, 15) is 22.8 Å². The van der Waals surface area contributed by atoms with Crippen molar-refractivity contribution in [3.8, 4) is 16.9 Å². The summed E-state index contributed by atoms with van der Waals surface area (Å²) in [6.07, 6.45) is 1.96. The van der Waals surface area contributed by atoms with E-state index >= 15 is 4.39 Å². The van der Waals surface area contributed by atoms with Gasteiger partial charge in [0.25, 0.3) is 0 Å². The van der Waals surface area contributed by atoms with E-state index in [0.717, 1.165) is 25.3 Å². The van der Waals surface area contributed by atoms with Crippen molar-refractivity contribution in [3.63, 3.8) is 0 Å². The molecule has 52 heavy (non-hydrogen) atoms. The standard InChI is InChI=1S/C36H41ClF4N6O5/c1-35(2,3)52-34(49)46(22-23-8-9-29(27(37)19-23)51-36(39,40)41)17-12-30(48)44-14-6-13-43-28-20-25(24-10-15-42-16-11-24)32(38)33-26(28)21-45-47(33)31-7-4-5-18-50-31/h8-11,15-16,19-21,31,43H,4-7,12-14,17-18,22H2,1-3H3,(H,44,48). The number of pyridine rings is 1. The Morgan fingerprint density at radius 3 is 2.54 bits per heavy atom. The second-order valence-electron chi connectivity index (χ2n) is 13.3. The highest BCUT2D eigenvalue weighted by atomic mass is 35.5. The van der Waals surface area contributed by atoms with Crippen molar-refractivity contribution in [2.75, 3.05) is 31.6 Å². The largest absolute Gasteiger partial charge is 0.573 e. The minimum absolute atomic E-state index is 0.0303. The number of rotatable bonds is 13. The van der Waals surface area contributed by atoms with Crippen LogP contribution < -0.4 is 15.4 Å². The molecule has 2 aromatic carbocycles. The van der Waals surface area contributed by atoms with Crippen LogP contribution in [0, 0.1) is 5.82 Å². The van der Waals surface area contributed by atoms with Gasteiger partial charge in [-0.25, -0.2) is 13.9 Å². The average molecular weight is 749 g/mol. The molecule has 2 aromatic heterocycles. The fraction of sp³-hybridized carbons (Fsp3) is 0.444. The highest BCUT2D eigenvalue weighted by Crippen LogP contribution is 2.37. The Labute approximate surface area is 303 Å². The van der Waals surface area contributed by atoms with Crippen LogP contribution in [-0.2, 0) is 20.8 Å². The van der Waals surface area contributed by atoms with Gasteiger partial charge in [-0.05, 0) is 87.9 Å². The number of anilines is 1. The fourth-order valence-electron chi connectivity index (χ4n) is 5.71. The van der Waals surface area contributed by atoms with Gasteiger partial charge in [0.1, 0.15) is 16.9 Å². The van der Waals surface area contributed by atoms with Crippen LogP contribution in [0.15, 0.2) is 55.0 Å². The van der Waals surface area contributed by atoms with Crippen molar-refractivity contribution in [1.29, 1.82) is 0 Å². The lowest BCUT2D eigenvalue weighted by Crippen LogP contribution is -2.39. The molecule has 0 aliphatic carbocycles. The van der Waals surface area contributed by atoms with Crippen LogP contribution >= 0.6 is 11.6 Å². The number of hydrogen-bond acceptors (Lipinski definition) is 8. The van der Waals surface area contributed by atoms with Gasteiger partial charge in [0, 0.05) is 68.2 Å². The third-order valence-corrected chi connectivity index (χ3v) is 8.38. The van der Waals surface area contributed by atoms with E-state index < -0.39 is 29.6 Å². The molecule has 0 spiro atoms. The molecule has 5 rings (SSSR count). The van der Waals surface area contributed by atoms with Crippen LogP contribution in [0.1, 0.15) is 64.7 Å². The maximum Gasteiger partial charge on any atom is 0.573 e. The molecule has 1 saturated heterocycles. The number of hydrogen-bond donors (Lipinski definition) is 2. The van der Waals surface area contributed by atoms with Gasteiger partial charge in [-0.3, -0.25) is 9.78 Å². The second-order valence-corrected chi connectivity index (χ2v) is 13.7. The summed E-state index contributed by atoms with van der Waals surface area (Å²) in [5.41, 5.74) is 1.67. The van der Waals surface area contributed by atoms with Crippen molar-refractivity contribution in [3.05, 3.63) is 71.4 Å². The number of amides is 2. The maximum absolute atomic E-state index is 16.1. The molecule has 2 N–H and O–H groups in total. The number of fused-ring (bicyclic) bond motifs is 1. The van der Waals surface area contributed by atoms with Gasteiger partial charge in [-0.2, -0.15) is 5.10 Å². The summed E-state index contributed by atoms with van der Waals surface area (Å²) < 4.78 is 71.0. The molecule has 1 fully saturated rings. The lowest BCUT2D eigenvalue weighted by molar-refractivity contribution is -0.274. The van der Waals surface area contributed by atoms with Crippen LogP contribution in [-0.4, -0.2) is 69.9 Å². The Hall–Kier alpha value is -4.63. The first kappa shape index (κ1) is 38.6. The monoisotopic (exact) mass is 748 g/mol. The number of ether oxygens (including phenoxy) is 3. The van der Waals surface area contributed by atoms with E-state index in [1.54, 1.807) is 62.2 Å². The van der Waals surface area contributed by atoms with Crippen LogP contribution in [0.25, 0.3) is 22.0 Å².